The van der Waals surface area contributed by atoms with E-state index in [9.17, 15) is 5.11 Å². The van der Waals surface area contributed by atoms with E-state index >= 15 is 0 Å². The Hall–Kier alpha value is -0.380. The second kappa shape index (κ2) is 7.35. The molecule has 3 heteroatoms. The Morgan fingerprint density at radius 2 is 2.07 bits per heavy atom. The molecule has 5 aliphatic rings. The van der Waals surface area contributed by atoms with Crippen LogP contribution in [0.4, 0.5) is 0 Å². The molecule has 0 aromatic carbocycles. The highest BCUT2D eigenvalue weighted by Gasteiger charge is 2.64. The average molecular weight is 403 g/mol. The standard InChI is InChI=1S/C26H42O3/c1-16(14-27)5-8-22-17(2)24-23(29-22)13-21-19-7-6-18-15-28-12-11-25(18,3)20(19)9-10-26(21,24)4/h6,16-17,19-24,27H,5,7-15H2,1-4H3/t16-,17?,19?,20+,21+,22?,23+,24?,25?,26?/m1/s1. The summed E-state index contributed by atoms with van der Waals surface area (Å²) in [4.78, 5) is 0. The van der Waals surface area contributed by atoms with E-state index in [1.165, 1.54) is 32.1 Å². The number of aliphatic hydroxyl groups is 1. The molecule has 3 aliphatic carbocycles. The summed E-state index contributed by atoms with van der Waals surface area (Å²) in [6, 6.07) is 0. The molecule has 6 unspecified atom stereocenters. The minimum atomic E-state index is 0.302. The van der Waals surface area contributed by atoms with Crippen LogP contribution in [0, 0.1) is 46.3 Å². The van der Waals surface area contributed by atoms with Crippen molar-refractivity contribution < 1.29 is 14.6 Å². The number of rotatable bonds is 4. The predicted molar refractivity (Wildman–Crippen MR) is 115 cm³/mol. The van der Waals surface area contributed by atoms with Crippen molar-refractivity contribution in [3.63, 3.8) is 0 Å². The van der Waals surface area contributed by atoms with E-state index < -0.39 is 0 Å². The summed E-state index contributed by atoms with van der Waals surface area (Å²) in [5, 5.41) is 9.39. The molecule has 0 radical (unpaired) electrons. The molecule has 29 heavy (non-hydrogen) atoms. The molecule has 0 aromatic heterocycles. The molecule has 10 atom stereocenters. The van der Waals surface area contributed by atoms with Crippen molar-refractivity contribution in [2.45, 2.75) is 84.8 Å². The van der Waals surface area contributed by atoms with Gasteiger partial charge in [0.15, 0.2) is 0 Å². The van der Waals surface area contributed by atoms with Gasteiger partial charge in [-0.3, -0.25) is 0 Å². The van der Waals surface area contributed by atoms with Crippen LogP contribution in [0.2, 0.25) is 0 Å². The highest BCUT2D eigenvalue weighted by Crippen LogP contribution is 2.68. The molecular formula is C26H42O3. The van der Waals surface area contributed by atoms with E-state index in [0.717, 1.165) is 49.7 Å². The Morgan fingerprint density at radius 1 is 1.24 bits per heavy atom. The van der Waals surface area contributed by atoms with Crippen molar-refractivity contribution >= 4 is 0 Å². The zero-order valence-corrected chi connectivity index (χ0v) is 19.0. The third-order valence-electron chi connectivity index (χ3n) is 10.5. The first-order valence-electron chi connectivity index (χ1n) is 12.4. The second-order valence-corrected chi connectivity index (χ2v) is 11.8. The first-order chi connectivity index (χ1) is 13.9. The van der Waals surface area contributed by atoms with E-state index in [1.807, 2.05) is 0 Å². The van der Waals surface area contributed by atoms with Gasteiger partial charge in [0, 0.05) is 13.2 Å². The zero-order chi connectivity index (χ0) is 20.4. The molecule has 0 aromatic rings. The van der Waals surface area contributed by atoms with Crippen LogP contribution in [0.15, 0.2) is 11.6 Å². The van der Waals surface area contributed by atoms with Gasteiger partial charge in [0.05, 0.1) is 18.8 Å². The van der Waals surface area contributed by atoms with Crippen LogP contribution in [0.25, 0.3) is 0 Å². The molecule has 0 bridgehead atoms. The SMILES string of the molecule is CC1C(CC[C@@H](C)CO)O[C@H]2C[C@H]3C4CC=C5COCCC5(C)[C@H]4CCC3(C)C12. The number of ether oxygens (including phenoxy) is 2. The largest absolute Gasteiger partial charge is 0.396 e. The minimum absolute atomic E-state index is 0.302. The lowest BCUT2D eigenvalue weighted by Gasteiger charge is -2.57. The fourth-order valence-corrected chi connectivity index (χ4v) is 8.75. The van der Waals surface area contributed by atoms with Gasteiger partial charge in [-0.1, -0.05) is 33.8 Å². The van der Waals surface area contributed by atoms with Gasteiger partial charge in [-0.25, -0.2) is 0 Å². The lowest BCUT2D eigenvalue weighted by atomic mass is 9.48. The molecule has 0 amide bonds. The lowest BCUT2D eigenvalue weighted by Crippen LogP contribution is -2.51. The van der Waals surface area contributed by atoms with Gasteiger partial charge >= 0.3 is 0 Å². The number of aliphatic hydroxyl groups excluding tert-OH is 1. The Bertz CT molecular complexity index is 658. The van der Waals surface area contributed by atoms with Gasteiger partial charge < -0.3 is 14.6 Å². The van der Waals surface area contributed by atoms with Crippen molar-refractivity contribution in [2.75, 3.05) is 19.8 Å². The van der Waals surface area contributed by atoms with Gasteiger partial charge in [0.1, 0.15) is 0 Å². The molecule has 2 aliphatic heterocycles. The van der Waals surface area contributed by atoms with Crippen LogP contribution < -0.4 is 0 Å². The molecule has 3 nitrogen and oxygen atoms in total. The monoisotopic (exact) mass is 402 g/mol. The molecule has 164 valence electrons. The maximum atomic E-state index is 9.39. The van der Waals surface area contributed by atoms with Crippen molar-refractivity contribution in [1.82, 2.24) is 0 Å². The predicted octanol–water partition coefficient (Wildman–Crippen LogP) is 5.22. The van der Waals surface area contributed by atoms with E-state index in [2.05, 4.69) is 33.8 Å². The number of fused-ring (bicyclic) bond motifs is 7. The van der Waals surface area contributed by atoms with Crippen LogP contribution in [-0.2, 0) is 9.47 Å². The lowest BCUT2D eigenvalue weighted by molar-refractivity contribution is -0.0686. The van der Waals surface area contributed by atoms with Crippen LogP contribution in [0.5, 0.6) is 0 Å². The summed E-state index contributed by atoms with van der Waals surface area (Å²) in [6.45, 7) is 11.9. The molecule has 2 saturated carbocycles. The van der Waals surface area contributed by atoms with Crippen molar-refractivity contribution in [3.8, 4) is 0 Å². The number of allylic oxidation sites excluding steroid dienone is 1. The quantitative estimate of drug-likeness (QED) is 0.655. The molecule has 0 spiro atoms. The second-order valence-electron chi connectivity index (χ2n) is 11.8. The maximum Gasteiger partial charge on any atom is 0.0682 e. The first kappa shape index (κ1) is 20.5. The Labute approximate surface area is 177 Å². The maximum absolute atomic E-state index is 9.39. The zero-order valence-electron chi connectivity index (χ0n) is 19.0. The van der Waals surface area contributed by atoms with Crippen molar-refractivity contribution in [2.24, 2.45) is 46.3 Å². The fourth-order valence-electron chi connectivity index (χ4n) is 8.75. The smallest absolute Gasteiger partial charge is 0.0682 e. The normalized spacial score (nSPS) is 52.2. The van der Waals surface area contributed by atoms with Crippen molar-refractivity contribution in [3.05, 3.63) is 11.6 Å². The van der Waals surface area contributed by atoms with E-state index in [4.69, 9.17) is 9.47 Å². The summed E-state index contributed by atoms with van der Waals surface area (Å²) < 4.78 is 12.6. The molecule has 4 fully saturated rings. The molecular weight excluding hydrogens is 360 g/mol. The number of hydrogen-bond donors (Lipinski definition) is 1. The Kier molecular flexibility index (Phi) is 5.20. The molecule has 2 saturated heterocycles. The van der Waals surface area contributed by atoms with Crippen LogP contribution in [0.3, 0.4) is 0 Å². The summed E-state index contributed by atoms with van der Waals surface area (Å²) in [5.41, 5.74) is 2.44. The highest BCUT2D eigenvalue weighted by molar-refractivity contribution is 5.25. The van der Waals surface area contributed by atoms with Gasteiger partial charge in [0.25, 0.3) is 0 Å². The first-order valence-corrected chi connectivity index (χ1v) is 12.4. The Balaban J connectivity index is 1.35. The Morgan fingerprint density at radius 3 is 2.86 bits per heavy atom. The van der Waals surface area contributed by atoms with E-state index in [0.29, 0.717) is 41.5 Å². The fraction of sp³-hybridized carbons (Fsp3) is 0.923. The minimum Gasteiger partial charge on any atom is -0.396 e. The van der Waals surface area contributed by atoms with E-state index in [1.54, 1.807) is 5.57 Å². The summed E-state index contributed by atoms with van der Waals surface area (Å²) >= 11 is 0. The summed E-state index contributed by atoms with van der Waals surface area (Å²) in [7, 11) is 0. The molecule has 2 heterocycles. The molecule has 5 rings (SSSR count). The van der Waals surface area contributed by atoms with Gasteiger partial charge in [-0.05, 0) is 96.9 Å². The summed E-state index contributed by atoms with van der Waals surface area (Å²) in [6.07, 6.45) is 12.2. The van der Waals surface area contributed by atoms with Gasteiger partial charge in [-0.2, -0.15) is 0 Å². The van der Waals surface area contributed by atoms with E-state index in [-0.39, 0.29) is 0 Å². The van der Waals surface area contributed by atoms with Crippen LogP contribution in [-0.4, -0.2) is 37.1 Å². The van der Waals surface area contributed by atoms with Crippen LogP contribution in [0.1, 0.15) is 72.6 Å². The highest BCUT2D eigenvalue weighted by atomic mass is 16.5. The summed E-state index contributed by atoms with van der Waals surface area (Å²) in [5.74, 6) is 4.30. The van der Waals surface area contributed by atoms with Gasteiger partial charge in [-0.15, -0.1) is 0 Å². The average Bonchev–Trinajstić information content (AvgIpc) is 3.19. The topological polar surface area (TPSA) is 38.7 Å². The third-order valence-corrected chi connectivity index (χ3v) is 10.5. The third kappa shape index (κ3) is 3.01. The number of hydrogen-bond acceptors (Lipinski definition) is 3. The van der Waals surface area contributed by atoms with Crippen LogP contribution >= 0.6 is 0 Å². The molecule has 1 N–H and O–H groups in total. The van der Waals surface area contributed by atoms with Gasteiger partial charge in [0.2, 0.25) is 0 Å². The van der Waals surface area contributed by atoms with Crippen molar-refractivity contribution in [1.29, 1.82) is 0 Å².